The van der Waals surface area contributed by atoms with Crippen molar-refractivity contribution in [3.63, 3.8) is 0 Å². The number of allylic oxidation sites excluding steroid dienone is 6. The Morgan fingerprint density at radius 1 is 1.03 bits per heavy atom. The van der Waals surface area contributed by atoms with E-state index in [9.17, 15) is 5.11 Å². The number of rotatable bonds is 5. The highest BCUT2D eigenvalue weighted by atomic mass is 16.3. The average Bonchev–Trinajstić information content (AvgIpc) is 3.04. The Balaban J connectivity index is 1.75. The maximum atomic E-state index is 10.0. The first kappa shape index (κ1) is 22.6. The molecule has 3 saturated carbocycles. The Labute approximate surface area is 180 Å². The SMILES string of the molecule is C=C1CC[C@H](O)C/C1=C/C=C1/CCC[C@]2(C)C([C@H](C)C=C[C@H](C)C(C)C)CC[C@@H]12. The van der Waals surface area contributed by atoms with Crippen LogP contribution in [0.25, 0.3) is 0 Å². The van der Waals surface area contributed by atoms with E-state index in [1.54, 1.807) is 5.57 Å². The molecule has 3 fully saturated rings. The van der Waals surface area contributed by atoms with Crippen LogP contribution in [0.4, 0.5) is 0 Å². The molecule has 0 heterocycles. The maximum absolute atomic E-state index is 10.0. The molecule has 1 N–H and O–H groups in total. The van der Waals surface area contributed by atoms with Gasteiger partial charge in [-0.2, -0.15) is 0 Å². The molecule has 0 radical (unpaired) electrons. The second kappa shape index (κ2) is 9.38. The zero-order valence-electron chi connectivity index (χ0n) is 19.6. The molecular formula is C28H44O. The fourth-order valence-corrected chi connectivity index (χ4v) is 6.25. The van der Waals surface area contributed by atoms with Crippen molar-refractivity contribution >= 4 is 0 Å². The van der Waals surface area contributed by atoms with E-state index in [1.165, 1.54) is 43.3 Å². The van der Waals surface area contributed by atoms with Crippen molar-refractivity contribution in [1.29, 1.82) is 0 Å². The second-order valence-corrected chi connectivity index (χ2v) is 10.9. The van der Waals surface area contributed by atoms with Gasteiger partial charge in [0.25, 0.3) is 0 Å². The Morgan fingerprint density at radius 2 is 1.79 bits per heavy atom. The van der Waals surface area contributed by atoms with Gasteiger partial charge in [-0.1, -0.05) is 76.6 Å². The summed E-state index contributed by atoms with van der Waals surface area (Å²) in [6, 6.07) is 0. The molecular weight excluding hydrogens is 352 g/mol. The lowest BCUT2D eigenvalue weighted by Gasteiger charge is -2.44. The van der Waals surface area contributed by atoms with Gasteiger partial charge in [0.15, 0.2) is 0 Å². The molecule has 162 valence electrons. The average molecular weight is 397 g/mol. The topological polar surface area (TPSA) is 20.2 Å². The van der Waals surface area contributed by atoms with Gasteiger partial charge in [0.1, 0.15) is 0 Å². The van der Waals surface area contributed by atoms with Crippen molar-refractivity contribution in [2.75, 3.05) is 0 Å². The summed E-state index contributed by atoms with van der Waals surface area (Å²) in [6.45, 7) is 16.3. The van der Waals surface area contributed by atoms with E-state index in [2.05, 4.69) is 65.5 Å². The summed E-state index contributed by atoms with van der Waals surface area (Å²) in [5.74, 6) is 3.58. The molecule has 6 atom stereocenters. The Morgan fingerprint density at radius 3 is 2.52 bits per heavy atom. The number of fused-ring (bicyclic) bond motifs is 1. The molecule has 0 aromatic carbocycles. The largest absolute Gasteiger partial charge is 0.393 e. The van der Waals surface area contributed by atoms with Gasteiger partial charge in [-0.25, -0.2) is 0 Å². The molecule has 3 aliphatic carbocycles. The molecule has 3 rings (SSSR count). The summed E-state index contributed by atoms with van der Waals surface area (Å²) in [5.41, 5.74) is 4.61. The molecule has 0 bridgehead atoms. The predicted octanol–water partition coefficient (Wildman–Crippen LogP) is 7.64. The summed E-state index contributed by atoms with van der Waals surface area (Å²) < 4.78 is 0. The van der Waals surface area contributed by atoms with E-state index >= 15 is 0 Å². The van der Waals surface area contributed by atoms with Gasteiger partial charge in [-0.15, -0.1) is 0 Å². The third-order valence-corrected chi connectivity index (χ3v) is 8.63. The smallest absolute Gasteiger partial charge is 0.0583 e. The van der Waals surface area contributed by atoms with Gasteiger partial charge < -0.3 is 5.11 Å². The minimum atomic E-state index is -0.182. The first-order chi connectivity index (χ1) is 13.7. The molecule has 3 aliphatic rings. The van der Waals surface area contributed by atoms with Crippen LogP contribution in [0.15, 0.2) is 47.6 Å². The highest BCUT2D eigenvalue weighted by Crippen LogP contribution is 2.59. The van der Waals surface area contributed by atoms with Crippen LogP contribution in [0.3, 0.4) is 0 Å². The molecule has 0 aromatic heterocycles. The highest BCUT2D eigenvalue weighted by Gasteiger charge is 2.50. The lowest BCUT2D eigenvalue weighted by Crippen LogP contribution is -2.35. The summed E-state index contributed by atoms with van der Waals surface area (Å²) in [7, 11) is 0. The van der Waals surface area contributed by atoms with E-state index < -0.39 is 0 Å². The van der Waals surface area contributed by atoms with Gasteiger partial charge in [0.2, 0.25) is 0 Å². The molecule has 0 amide bonds. The van der Waals surface area contributed by atoms with Crippen molar-refractivity contribution < 1.29 is 5.11 Å². The quantitative estimate of drug-likeness (QED) is 0.473. The lowest BCUT2D eigenvalue weighted by molar-refractivity contribution is 0.112. The summed E-state index contributed by atoms with van der Waals surface area (Å²) >= 11 is 0. The molecule has 0 aromatic rings. The fourth-order valence-electron chi connectivity index (χ4n) is 6.25. The maximum Gasteiger partial charge on any atom is 0.0583 e. The summed E-state index contributed by atoms with van der Waals surface area (Å²) in [4.78, 5) is 0. The van der Waals surface area contributed by atoms with Crippen molar-refractivity contribution in [1.82, 2.24) is 0 Å². The van der Waals surface area contributed by atoms with Crippen molar-refractivity contribution in [2.45, 2.75) is 92.1 Å². The van der Waals surface area contributed by atoms with Crippen molar-refractivity contribution in [3.8, 4) is 0 Å². The van der Waals surface area contributed by atoms with E-state index in [1.807, 2.05) is 0 Å². The molecule has 1 nitrogen and oxygen atoms in total. The van der Waals surface area contributed by atoms with Crippen LogP contribution >= 0.6 is 0 Å². The molecule has 0 aliphatic heterocycles. The first-order valence-corrected chi connectivity index (χ1v) is 12.2. The second-order valence-electron chi connectivity index (χ2n) is 10.9. The van der Waals surface area contributed by atoms with E-state index in [-0.39, 0.29) is 6.10 Å². The van der Waals surface area contributed by atoms with E-state index in [0.29, 0.717) is 17.3 Å². The molecule has 29 heavy (non-hydrogen) atoms. The number of hydrogen-bond acceptors (Lipinski definition) is 1. The summed E-state index contributed by atoms with van der Waals surface area (Å²) in [5, 5.41) is 10.0. The van der Waals surface area contributed by atoms with Gasteiger partial charge in [-0.05, 0) is 91.9 Å². The van der Waals surface area contributed by atoms with Gasteiger partial charge >= 0.3 is 0 Å². The van der Waals surface area contributed by atoms with Crippen LogP contribution in [-0.2, 0) is 0 Å². The third kappa shape index (κ3) is 4.98. The van der Waals surface area contributed by atoms with Crippen LogP contribution in [0.2, 0.25) is 0 Å². The van der Waals surface area contributed by atoms with Crippen LogP contribution in [0.1, 0.15) is 86.0 Å². The van der Waals surface area contributed by atoms with Crippen LogP contribution < -0.4 is 0 Å². The van der Waals surface area contributed by atoms with Crippen molar-refractivity contribution in [2.24, 2.45) is 35.0 Å². The minimum Gasteiger partial charge on any atom is -0.393 e. The van der Waals surface area contributed by atoms with Gasteiger partial charge in [0, 0.05) is 0 Å². The number of hydrogen-bond donors (Lipinski definition) is 1. The third-order valence-electron chi connectivity index (χ3n) is 8.63. The molecule has 0 saturated heterocycles. The van der Waals surface area contributed by atoms with E-state index in [4.69, 9.17) is 0 Å². The zero-order chi connectivity index (χ0) is 21.2. The fraction of sp³-hybridized carbons (Fsp3) is 0.714. The standard InChI is InChI=1S/C28H44O/c1-19(2)20(3)9-10-22(5)26-15-16-27-23(8-7-17-28(26,27)6)12-13-24-18-25(29)14-11-21(24)4/h9-10,12-13,19-20,22,25-27,29H,4,7-8,11,14-18H2,1-3,5-6H3/b10-9?,23-12-,24-13-/t20-,22+,25-,26?,27-,28+/m0/s1. The molecule has 1 unspecified atom stereocenters. The van der Waals surface area contributed by atoms with Gasteiger partial charge in [0.05, 0.1) is 6.10 Å². The first-order valence-electron chi connectivity index (χ1n) is 12.2. The number of aliphatic hydroxyl groups excluding tert-OH is 1. The minimum absolute atomic E-state index is 0.182. The van der Waals surface area contributed by atoms with E-state index in [0.717, 1.165) is 37.0 Å². The lowest BCUT2D eigenvalue weighted by atomic mass is 9.61. The molecule has 0 spiro atoms. The highest BCUT2D eigenvalue weighted by molar-refractivity contribution is 5.36. The molecule has 1 heteroatoms. The zero-order valence-corrected chi connectivity index (χ0v) is 19.6. The van der Waals surface area contributed by atoms with Crippen LogP contribution in [-0.4, -0.2) is 11.2 Å². The predicted molar refractivity (Wildman–Crippen MR) is 126 cm³/mol. The normalized spacial score (nSPS) is 38.2. The van der Waals surface area contributed by atoms with Crippen LogP contribution in [0, 0.1) is 35.0 Å². The van der Waals surface area contributed by atoms with Gasteiger partial charge in [-0.3, -0.25) is 0 Å². The monoisotopic (exact) mass is 396 g/mol. The number of aliphatic hydroxyl groups is 1. The Kier molecular flexibility index (Phi) is 7.31. The Hall–Kier alpha value is -1.08. The van der Waals surface area contributed by atoms with Crippen LogP contribution in [0.5, 0.6) is 0 Å². The Bertz CT molecular complexity index is 678. The van der Waals surface area contributed by atoms with Crippen molar-refractivity contribution in [3.05, 3.63) is 47.6 Å². The summed E-state index contributed by atoms with van der Waals surface area (Å²) in [6.07, 6.45) is 18.8.